The maximum absolute atomic E-state index is 12.8. The predicted octanol–water partition coefficient (Wildman–Crippen LogP) is 3.50. The number of ether oxygens (including phenoxy) is 1. The van der Waals surface area contributed by atoms with Gasteiger partial charge in [-0.15, -0.1) is 0 Å². The van der Waals surface area contributed by atoms with Crippen molar-refractivity contribution in [1.29, 1.82) is 0 Å². The van der Waals surface area contributed by atoms with Crippen molar-refractivity contribution in [3.05, 3.63) is 5.21 Å². The first-order valence-electron chi connectivity index (χ1n) is 9.75. The number of quaternary nitrogens is 1. The maximum atomic E-state index is 12.8. The van der Waals surface area contributed by atoms with Gasteiger partial charge in [0, 0.05) is 32.2 Å². The van der Waals surface area contributed by atoms with Crippen LogP contribution in [-0.2, 0) is 18.0 Å². The lowest BCUT2D eigenvalue weighted by Crippen LogP contribution is -2.66. The molecule has 0 saturated carbocycles. The predicted molar refractivity (Wildman–Crippen MR) is 102 cm³/mol. The zero-order chi connectivity index (χ0) is 19.3. The molecule has 1 aliphatic rings. The molecule has 4 atom stereocenters. The molecular weight excluding hydrogens is 338 g/mol. The molecule has 0 aliphatic carbocycles. The van der Waals surface area contributed by atoms with Gasteiger partial charge in [0.1, 0.15) is 5.73 Å². The highest BCUT2D eigenvalue weighted by atomic mass is 28.4. The van der Waals surface area contributed by atoms with E-state index in [2.05, 4.69) is 13.8 Å². The van der Waals surface area contributed by atoms with Crippen LogP contribution in [0.3, 0.4) is 0 Å². The third-order valence-electron chi connectivity index (χ3n) is 5.87. The Morgan fingerprint density at radius 2 is 1.56 bits per heavy atom. The first-order chi connectivity index (χ1) is 11.6. The molecular formula is C18H39NO5Si. The van der Waals surface area contributed by atoms with Gasteiger partial charge in [-0.05, 0) is 41.0 Å². The van der Waals surface area contributed by atoms with Crippen LogP contribution in [0.25, 0.3) is 0 Å². The van der Waals surface area contributed by atoms with E-state index in [0.717, 1.165) is 12.8 Å². The van der Waals surface area contributed by atoms with Crippen LogP contribution in [0, 0.1) is 11.1 Å². The monoisotopic (exact) mass is 377 g/mol. The van der Waals surface area contributed by atoms with Crippen molar-refractivity contribution in [3.8, 4) is 0 Å². The van der Waals surface area contributed by atoms with Gasteiger partial charge in [0.2, 0.25) is 0 Å². The van der Waals surface area contributed by atoms with E-state index < -0.39 is 14.3 Å². The fourth-order valence-electron chi connectivity index (χ4n) is 3.63. The summed E-state index contributed by atoms with van der Waals surface area (Å²) in [5, 5.41) is 12.8. The highest BCUT2D eigenvalue weighted by molar-refractivity contribution is 6.62. The number of hydrogen-bond donors (Lipinski definition) is 0. The lowest BCUT2D eigenvalue weighted by atomic mass is 9.78. The van der Waals surface area contributed by atoms with Crippen LogP contribution in [0.5, 0.6) is 0 Å². The summed E-state index contributed by atoms with van der Waals surface area (Å²) >= 11 is 0. The molecule has 1 rings (SSSR count). The summed E-state index contributed by atoms with van der Waals surface area (Å²) in [7, 11) is -1.16. The second-order valence-corrected chi connectivity index (χ2v) is 10.2. The van der Waals surface area contributed by atoms with Crippen LogP contribution < -0.4 is 0 Å². The summed E-state index contributed by atoms with van der Waals surface area (Å²) in [6.45, 7) is 16.3. The van der Waals surface area contributed by atoms with Crippen molar-refractivity contribution in [1.82, 2.24) is 0 Å². The summed E-state index contributed by atoms with van der Waals surface area (Å²) in [6.07, 6.45) is 1.52. The van der Waals surface area contributed by atoms with Crippen LogP contribution in [0.4, 0.5) is 0 Å². The normalized spacial score (nSPS) is 31.1. The smallest absolute Gasteiger partial charge is 0.531 e. The van der Waals surface area contributed by atoms with Crippen LogP contribution in [-0.4, -0.2) is 64.2 Å². The van der Waals surface area contributed by atoms with E-state index in [-0.39, 0.29) is 22.4 Å². The van der Waals surface area contributed by atoms with E-state index in [1.807, 2.05) is 34.6 Å². The molecule has 0 aromatic heterocycles. The maximum Gasteiger partial charge on any atom is 0.531 e. The van der Waals surface area contributed by atoms with Crippen molar-refractivity contribution < 1.29 is 22.7 Å². The molecule has 0 bridgehead atoms. The molecule has 4 unspecified atom stereocenters. The average Bonchev–Trinajstić information content (AvgIpc) is 2.53. The number of hydrogen-bond acceptors (Lipinski definition) is 5. The molecule has 0 N–H and O–H groups in total. The first kappa shape index (κ1) is 23.0. The third-order valence-corrected chi connectivity index (χ3v) is 9.28. The van der Waals surface area contributed by atoms with Crippen LogP contribution in [0.2, 0.25) is 0 Å². The van der Waals surface area contributed by atoms with Crippen LogP contribution in [0.15, 0.2) is 0 Å². The van der Waals surface area contributed by atoms with Gasteiger partial charge in [-0.3, -0.25) is 0 Å². The summed E-state index contributed by atoms with van der Waals surface area (Å²) in [5.41, 5.74) is -0.604. The van der Waals surface area contributed by atoms with E-state index in [1.165, 1.54) is 0 Å². The molecule has 0 aromatic carbocycles. The Kier molecular flexibility index (Phi) is 8.52. The van der Waals surface area contributed by atoms with Gasteiger partial charge in [0.05, 0.1) is 25.2 Å². The highest BCUT2D eigenvalue weighted by Gasteiger charge is 2.53. The quantitative estimate of drug-likeness (QED) is 0.331. The van der Waals surface area contributed by atoms with E-state index >= 15 is 0 Å². The minimum atomic E-state index is -2.93. The minimum absolute atomic E-state index is 0.00773. The molecule has 0 aromatic rings. The average molecular weight is 378 g/mol. The first-order valence-corrected chi connectivity index (χ1v) is 11.6. The Labute approximate surface area is 155 Å². The molecule has 25 heavy (non-hydrogen) atoms. The molecule has 1 aliphatic heterocycles. The van der Waals surface area contributed by atoms with Gasteiger partial charge >= 0.3 is 8.80 Å². The summed E-state index contributed by atoms with van der Waals surface area (Å²) in [4.78, 5) is 0. The van der Waals surface area contributed by atoms with Crippen molar-refractivity contribution in [2.75, 3.05) is 33.4 Å². The van der Waals surface area contributed by atoms with Crippen molar-refractivity contribution in [2.45, 2.75) is 78.7 Å². The van der Waals surface area contributed by atoms with Crippen molar-refractivity contribution in [2.24, 2.45) is 5.92 Å². The molecule has 0 spiro atoms. The van der Waals surface area contributed by atoms with Gasteiger partial charge in [-0.25, -0.2) is 0 Å². The molecule has 150 valence electrons. The molecule has 1 saturated heterocycles. The van der Waals surface area contributed by atoms with Crippen LogP contribution in [0.1, 0.15) is 61.3 Å². The van der Waals surface area contributed by atoms with Gasteiger partial charge in [-0.1, -0.05) is 13.8 Å². The fraction of sp³-hybridized carbons (Fsp3) is 1.00. The molecule has 6 nitrogen and oxygen atoms in total. The largest absolute Gasteiger partial charge is 0.633 e. The Balaban J connectivity index is 3.02. The molecule has 1 fully saturated rings. The highest BCUT2D eigenvalue weighted by Crippen LogP contribution is 2.40. The number of hydroxylamine groups is 3. The summed E-state index contributed by atoms with van der Waals surface area (Å²) < 4.78 is 24.4. The van der Waals surface area contributed by atoms with E-state index in [0.29, 0.717) is 26.4 Å². The Hall–Kier alpha value is -0.0231. The molecule has 0 amide bonds. The third kappa shape index (κ3) is 4.83. The van der Waals surface area contributed by atoms with Gasteiger partial charge in [0.25, 0.3) is 0 Å². The lowest BCUT2D eigenvalue weighted by Gasteiger charge is -2.59. The molecule has 7 heteroatoms. The Bertz CT molecular complexity index is 388. The SMILES string of the molecule is CCO[Si](OCC)(OCC)C(CC)OC1CC[N+](C)([O-])C(C)(C)C1C. The van der Waals surface area contributed by atoms with Crippen molar-refractivity contribution >= 4 is 8.80 Å². The van der Waals surface area contributed by atoms with Gasteiger partial charge in [-0.2, -0.15) is 0 Å². The second kappa shape index (κ2) is 9.26. The summed E-state index contributed by atoms with van der Waals surface area (Å²) in [5.74, 6) is 0.134. The van der Waals surface area contributed by atoms with E-state index in [1.54, 1.807) is 7.05 Å². The molecule has 0 radical (unpaired) electrons. The number of rotatable bonds is 10. The Morgan fingerprint density at radius 3 is 1.96 bits per heavy atom. The van der Waals surface area contributed by atoms with Crippen LogP contribution >= 0.6 is 0 Å². The Morgan fingerprint density at radius 1 is 1.08 bits per heavy atom. The van der Waals surface area contributed by atoms with E-state index in [9.17, 15) is 5.21 Å². The topological polar surface area (TPSA) is 60.0 Å². The number of nitrogens with zero attached hydrogens (tertiary/aromatic N) is 1. The van der Waals surface area contributed by atoms with Gasteiger partial charge < -0.3 is 27.9 Å². The van der Waals surface area contributed by atoms with E-state index in [4.69, 9.17) is 18.0 Å². The number of likely N-dealkylation sites (tertiary alicyclic amines) is 1. The standard InChI is InChI=1S/C18H39NO5Si/c1-9-17(25(21-10-2,22-11-3)23-12-4)24-16-13-14-19(8,20)18(6,7)15(16)5/h15-17H,9-14H2,1-8H3. The zero-order valence-electron chi connectivity index (χ0n) is 17.5. The van der Waals surface area contributed by atoms with Crippen molar-refractivity contribution in [3.63, 3.8) is 0 Å². The fourth-order valence-corrected chi connectivity index (χ4v) is 6.49. The second-order valence-electron chi connectivity index (χ2n) is 7.53. The summed E-state index contributed by atoms with van der Waals surface area (Å²) in [6, 6.07) is 0. The van der Waals surface area contributed by atoms with Gasteiger partial charge in [0.15, 0.2) is 0 Å². The molecule has 1 heterocycles. The zero-order valence-corrected chi connectivity index (χ0v) is 18.5. The number of piperidine rings is 1. The minimum Gasteiger partial charge on any atom is -0.633 e. The lowest BCUT2D eigenvalue weighted by molar-refractivity contribution is -0.922.